The van der Waals surface area contributed by atoms with Crippen molar-refractivity contribution in [2.24, 2.45) is 0 Å². The normalized spacial score (nSPS) is 14.0. The molecule has 0 atom stereocenters. The highest BCUT2D eigenvalue weighted by atomic mass is 35.5. The Morgan fingerprint density at radius 1 is 0.950 bits per heavy atom. The van der Waals surface area contributed by atoms with Crippen LogP contribution in [0.4, 0.5) is 4.39 Å². The first-order valence-electron chi connectivity index (χ1n) is 13.6. The summed E-state index contributed by atoms with van der Waals surface area (Å²) in [6.07, 6.45) is 3.53. The summed E-state index contributed by atoms with van der Waals surface area (Å²) in [5.41, 5.74) is 5.47. The first-order chi connectivity index (χ1) is 19.4. The Hall–Kier alpha value is -3.84. The molecule has 1 aromatic heterocycles. The number of rotatable bonds is 9. The molecule has 0 radical (unpaired) electrons. The van der Waals surface area contributed by atoms with Gasteiger partial charge in [0.2, 0.25) is 0 Å². The molecule has 3 aromatic carbocycles. The third kappa shape index (κ3) is 6.31. The minimum atomic E-state index is -0.842. The molecule has 4 aromatic rings. The van der Waals surface area contributed by atoms with Crippen LogP contribution in [0.25, 0.3) is 22.3 Å². The van der Waals surface area contributed by atoms with Crippen LogP contribution in [0.5, 0.6) is 0 Å². The topological polar surface area (TPSA) is 83.4 Å². The summed E-state index contributed by atoms with van der Waals surface area (Å²) in [6, 6.07) is 20.8. The van der Waals surface area contributed by atoms with Gasteiger partial charge in [0.05, 0.1) is 27.4 Å². The van der Waals surface area contributed by atoms with Gasteiger partial charge in [-0.1, -0.05) is 54.1 Å². The predicted octanol–water partition coefficient (Wildman–Crippen LogP) is 7.24. The molecule has 0 saturated carbocycles. The molecule has 0 unspecified atom stereocenters. The Bertz CT molecular complexity index is 1520. The Labute approximate surface area is 237 Å². The minimum Gasteiger partial charge on any atom is -0.481 e. The molecule has 6 nitrogen and oxygen atoms in total. The number of aromatic nitrogens is 2. The van der Waals surface area contributed by atoms with Crippen LogP contribution in [0.2, 0.25) is 5.02 Å². The number of hydrogen-bond donors (Lipinski definition) is 1. The standard InChI is InChI=1S/C32H31ClFN3O3/c33-26-18-21(20-34)10-12-25(26)31-28(8-4-5-9-30(38)39)35-29-19-24(11-13-27(29)36-31)32(40)37-16-14-23(15-17-37)22-6-2-1-3-7-22/h1-3,6-7,10-13,18-19,23H,4-5,8-9,14-17,20H2,(H,38,39). The highest BCUT2D eigenvalue weighted by Crippen LogP contribution is 2.33. The van der Waals surface area contributed by atoms with E-state index in [1.165, 1.54) is 5.56 Å². The van der Waals surface area contributed by atoms with Crippen LogP contribution in [-0.2, 0) is 17.9 Å². The van der Waals surface area contributed by atoms with Gasteiger partial charge in [-0.2, -0.15) is 0 Å². The Kier molecular flexibility index (Phi) is 8.70. The van der Waals surface area contributed by atoms with Gasteiger partial charge in [0, 0.05) is 30.6 Å². The highest BCUT2D eigenvalue weighted by molar-refractivity contribution is 6.33. The van der Waals surface area contributed by atoms with Crippen molar-refractivity contribution in [3.05, 3.63) is 94.1 Å². The highest BCUT2D eigenvalue weighted by Gasteiger charge is 2.25. The van der Waals surface area contributed by atoms with Gasteiger partial charge in [0.25, 0.3) is 5.91 Å². The molecule has 0 spiro atoms. The summed E-state index contributed by atoms with van der Waals surface area (Å²) >= 11 is 6.51. The molecule has 1 amide bonds. The van der Waals surface area contributed by atoms with Crippen molar-refractivity contribution in [1.29, 1.82) is 0 Å². The number of carbonyl (C=O) groups is 2. The second-order valence-electron chi connectivity index (χ2n) is 10.2. The maximum atomic E-state index is 13.4. The van der Waals surface area contributed by atoms with Crippen molar-refractivity contribution >= 4 is 34.5 Å². The lowest BCUT2D eigenvalue weighted by molar-refractivity contribution is -0.137. The molecular formula is C32H31ClFN3O3. The third-order valence-electron chi connectivity index (χ3n) is 7.53. The first-order valence-corrected chi connectivity index (χ1v) is 14.0. The second kappa shape index (κ2) is 12.6. The van der Waals surface area contributed by atoms with Crippen molar-refractivity contribution in [1.82, 2.24) is 14.9 Å². The zero-order valence-corrected chi connectivity index (χ0v) is 22.9. The molecule has 1 aliphatic heterocycles. The van der Waals surface area contributed by atoms with Crippen molar-refractivity contribution in [3.63, 3.8) is 0 Å². The van der Waals surface area contributed by atoms with Crippen LogP contribution in [0, 0.1) is 0 Å². The van der Waals surface area contributed by atoms with E-state index < -0.39 is 12.6 Å². The lowest BCUT2D eigenvalue weighted by Gasteiger charge is -2.32. The molecular weight excluding hydrogens is 529 g/mol. The number of carboxylic acid groups (broad SMARTS) is 1. The zero-order valence-electron chi connectivity index (χ0n) is 22.2. The fourth-order valence-corrected chi connectivity index (χ4v) is 5.63. The quantitative estimate of drug-likeness (QED) is 0.219. The smallest absolute Gasteiger partial charge is 0.303 e. The number of piperidine rings is 1. The van der Waals surface area contributed by atoms with Gasteiger partial charge in [-0.15, -0.1) is 0 Å². The molecule has 5 rings (SSSR count). The lowest BCUT2D eigenvalue weighted by Crippen LogP contribution is -2.37. The number of alkyl halides is 1. The molecule has 8 heteroatoms. The molecule has 40 heavy (non-hydrogen) atoms. The summed E-state index contributed by atoms with van der Waals surface area (Å²) in [7, 11) is 0. The summed E-state index contributed by atoms with van der Waals surface area (Å²) in [4.78, 5) is 36.0. The van der Waals surface area contributed by atoms with E-state index in [1.54, 1.807) is 36.4 Å². The molecule has 0 bridgehead atoms. The maximum absolute atomic E-state index is 13.4. The van der Waals surface area contributed by atoms with Gasteiger partial charge >= 0.3 is 5.97 Å². The molecule has 1 fully saturated rings. The minimum absolute atomic E-state index is 0.0212. The maximum Gasteiger partial charge on any atom is 0.303 e. The van der Waals surface area contributed by atoms with Crippen LogP contribution in [0.3, 0.4) is 0 Å². The van der Waals surface area contributed by atoms with Crippen LogP contribution >= 0.6 is 11.6 Å². The van der Waals surface area contributed by atoms with E-state index in [2.05, 4.69) is 24.3 Å². The van der Waals surface area contributed by atoms with E-state index in [-0.39, 0.29) is 12.3 Å². The van der Waals surface area contributed by atoms with E-state index in [0.717, 1.165) is 12.8 Å². The number of carbonyl (C=O) groups excluding carboxylic acids is 1. The number of likely N-dealkylation sites (tertiary alicyclic amines) is 1. The monoisotopic (exact) mass is 559 g/mol. The first kappa shape index (κ1) is 27.7. The van der Waals surface area contributed by atoms with E-state index in [4.69, 9.17) is 26.7 Å². The summed E-state index contributed by atoms with van der Waals surface area (Å²) in [5.74, 6) is -0.404. The van der Waals surface area contributed by atoms with E-state index in [9.17, 15) is 14.0 Å². The van der Waals surface area contributed by atoms with Crippen LogP contribution in [0.15, 0.2) is 66.7 Å². The van der Waals surface area contributed by atoms with Crippen LogP contribution < -0.4 is 0 Å². The van der Waals surface area contributed by atoms with Crippen molar-refractivity contribution in [2.75, 3.05) is 13.1 Å². The number of aryl methyl sites for hydroxylation is 1. The number of unbranched alkanes of at least 4 members (excludes halogenated alkanes) is 1. The Balaban J connectivity index is 1.40. The van der Waals surface area contributed by atoms with Gasteiger partial charge in [0.15, 0.2) is 0 Å². The summed E-state index contributed by atoms with van der Waals surface area (Å²) in [6.45, 7) is 0.776. The van der Waals surface area contributed by atoms with E-state index >= 15 is 0 Å². The average Bonchev–Trinajstić information content (AvgIpc) is 2.98. The molecule has 1 saturated heterocycles. The van der Waals surface area contributed by atoms with E-state index in [0.29, 0.717) is 82.4 Å². The summed E-state index contributed by atoms with van der Waals surface area (Å²) < 4.78 is 13.2. The predicted molar refractivity (Wildman–Crippen MR) is 154 cm³/mol. The lowest BCUT2D eigenvalue weighted by atomic mass is 9.89. The SMILES string of the molecule is O=C(O)CCCCc1nc2cc(C(=O)N3CCC(c4ccccc4)CC3)ccc2nc1-c1ccc(CF)cc1Cl. The third-order valence-corrected chi connectivity index (χ3v) is 7.85. The van der Waals surface area contributed by atoms with Crippen molar-refractivity contribution in [3.8, 4) is 11.3 Å². The fraction of sp³-hybridized carbons (Fsp3) is 0.312. The number of nitrogens with zero attached hydrogens (tertiary/aromatic N) is 3. The number of hydrogen-bond acceptors (Lipinski definition) is 4. The number of benzene rings is 3. The fourth-order valence-electron chi connectivity index (χ4n) is 5.34. The van der Waals surface area contributed by atoms with Crippen molar-refractivity contribution < 1.29 is 19.1 Å². The van der Waals surface area contributed by atoms with Gasteiger partial charge in [-0.05, 0) is 73.4 Å². The Morgan fingerprint density at radius 2 is 1.73 bits per heavy atom. The van der Waals surface area contributed by atoms with Gasteiger partial charge in [-0.25, -0.2) is 14.4 Å². The van der Waals surface area contributed by atoms with Gasteiger partial charge in [0.1, 0.15) is 6.67 Å². The Morgan fingerprint density at radius 3 is 2.42 bits per heavy atom. The van der Waals surface area contributed by atoms with E-state index in [1.807, 2.05) is 11.0 Å². The number of halogens is 2. The van der Waals surface area contributed by atoms with Crippen LogP contribution in [-0.4, -0.2) is 44.9 Å². The molecule has 2 heterocycles. The molecule has 0 aliphatic carbocycles. The number of carboxylic acids is 1. The van der Waals surface area contributed by atoms with Gasteiger partial charge in [-0.3, -0.25) is 9.59 Å². The molecule has 1 N–H and O–H groups in total. The molecule has 1 aliphatic rings. The largest absolute Gasteiger partial charge is 0.481 e. The average molecular weight is 560 g/mol. The zero-order chi connectivity index (χ0) is 28.1. The van der Waals surface area contributed by atoms with Crippen molar-refractivity contribution in [2.45, 2.75) is 51.1 Å². The number of amides is 1. The van der Waals surface area contributed by atoms with Gasteiger partial charge < -0.3 is 10.0 Å². The van der Waals surface area contributed by atoms with Crippen LogP contribution in [0.1, 0.15) is 65.2 Å². The molecule has 206 valence electrons. The second-order valence-corrected chi connectivity index (χ2v) is 10.7. The number of aliphatic carboxylic acids is 1. The number of fused-ring (bicyclic) bond motifs is 1. The summed E-state index contributed by atoms with van der Waals surface area (Å²) in [5, 5.41) is 9.40.